The molecule has 2 rings (SSSR count). The molecule has 0 unspecified atom stereocenters. The van der Waals surface area contributed by atoms with Gasteiger partial charge >= 0.3 is 0 Å². The fourth-order valence-electron chi connectivity index (χ4n) is 1.43. The Morgan fingerprint density at radius 3 is 2.47 bits per heavy atom. The standard InChI is InChI=1S/C13H10ClNO2/c14-10-3-6-12(15-8-10)13(17)7-9-1-4-11(16)5-2-9/h1-6,8,16H,7H2. The summed E-state index contributed by atoms with van der Waals surface area (Å²) in [5.74, 6) is 0.109. The zero-order chi connectivity index (χ0) is 12.3. The Balaban J connectivity index is 2.11. The normalized spacial score (nSPS) is 10.2. The number of Topliss-reactive ketones (excluding diaryl/α,β-unsaturated/α-hetero) is 1. The van der Waals surface area contributed by atoms with E-state index in [0.29, 0.717) is 10.7 Å². The first-order valence-corrected chi connectivity index (χ1v) is 5.45. The molecule has 0 saturated heterocycles. The molecule has 2 aromatic rings. The van der Waals surface area contributed by atoms with Gasteiger partial charge in [0.15, 0.2) is 5.78 Å². The van der Waals surface area contributed by atoms with Crippen LogP contribution in [0.2, 0.25) is 5.02 Å². The average Bonchev–Trinajstić information content (AvgIpc) is 2.33. The second-order valence-corrected chi connectivity index (χ2v) is 4.06. The van der Waals surface area contributed by atoms with Crippen LogP contribution in [0.4, 0.5) is 0 Å². The molecule has 17 heavy (non-hydrogen) atoms. The quantitative estimate of drug-likeness (QED) is 0.849. The predicted octanol–water partition coefficient (Wildman–Crippen LogP) is 2.87. The van der Waals surface area contributed by atoms with Gasteiger partial charge in [0, 0.05) is 12.6 Å². The van der Waals surface area contributed by atoms with Gasteiger partial charge in [-0.25, -0.2) is 0 Å². The van der Waals surface area contributed by atoms with Crippen molar-refractivity contribution in [3.63, 3.8) is 0 Å². The summed E-state index contributed by atoms with van der Waals surface area (Å²) in [7, 11) is 0. The van der Waals surface area contributed by atoms with Crippen molar-refractivity contribution >= 4 is 17.4 Å². The van der Waals surface area contributed by atoms with Crippen molar-refractivity contribution in [2.24, 2.45) is 0 Å². The fraction of sp³-hybridized carbons (Fsp3) is 0.0769. The maximum atomic E-state index is 11.8. The first-order chi connectivity index (χ1) is 8.15. The number of nitrogens with zero attached hydrogens (tertiary/aromatic N) is 1. The highest BCUT2D eigenvalue weighted by Crippen LogP contribution is 2.12. The molecule has 86 valence electrons. The SMILES string of the molecule is O=C(Cc1ccc(O)cc1)c1ccc(Cl)cn1. The van der Waals surface area contributed by atoms with Gasteiger partial charge in [-0.15, -0.1) is 0 Å². The predicted molar refractivity (Wildman–Crippen MR) is 65.4 cm³/mol. The van der Waals surface area contributed by atoms with E-state index in [9.17, 15) is 4.79 Å². The Hall–Kier alpha value is -1.87. The molecular formula is C13H10ClNO2. The largest absolute Gasteiger partial charge is 0.508 e. The third kappa shape index (κ3) is 3.04. The number of carbonyl (C=O) groups excluding carboxylic acids is 1. The number of carbonyl (C=O) groups is 1. The van der Waals surface area contributed by atoms with Crippen molar-refractivity contribution in [2.45, 2.75) is 6.42 Å². The molecule has 1 aromatic heterocycles. The van der Waals surface area contributed by atoms with Gasteiger partial charge in [0.2, 0.25) is 0 Å². The lowest BCUT2D eigenvalue weighted by atomic mass is 10.1. The molecule has 1 heterocycles. The minimum absolute atomic E-state index is 0.0765. The van der Waals surface area contributed by atoms with Crippen molar-refractivity contribution in [1.82, 2.24) is 4.98 Å². The van der Waals surface area contributed by atoms with Crippen molar-refractivity contribution < 1.29 is 9.90 Å². The van der Waals surface area contributed by atoms with Crippen LogP contribution in [-0.2, 0) is 6.42 Å². The summed E-state index contributed by atoms with van der Waals surface area (Å²) >= 11 is 5.69. The van der Waals surface area contributed by atoms with Gasteiger partial charge < -0.3 is 5.11 Å². The summed E-state index contributed by atoms with van der Waals surface area (Å²) in [6.07, 6.45) is 1.71. The molecule has 0 atom stereocenters. The van der Waals surface area contributed by atoms with Crippen molar-refractivity contribution in [3.05, 3.63) is 58.9 Å². The third-order valence-electron chi connectivity index (χ3n) is 2.31. The number of aromatic nitrogens is 1. The van der Waals surface area contributed by atoms with Crippen LogP contribution < -0.4 is 0 Å². The van der Waals surface area contributed by atoms with E-state index in [1.165, 1.54) is 6.20 Å². The van der Waals surface area contributed by atoms with Gasteiger partial charge in [-0.1, -0.05) is 23.7 Å². The van der Waals surface area contributed by atoms with Crippen LogP contribution in [-0.4, -0.2) is 15.9 Å². The van der Waals surface area contributed by atoms with Crippen LogP contribution in [0.5, 0.6) is 5.75 Å². The molecule has 0 radical (unpaired) electrons. The van der Waals surface area contributed by atoms with E-state index >= 15 is 0 Å². The first-order valence-electron chi connectivity index (χ1n) is 5.08. The van der Waals surface area contributed by atoms with E-state index in [0.717, 1.165) is 5.56 Å². The molecule has 1 aromatic carbocycles. The number of hydrogen-bond acceptors (Lipinski definition) is 3. The van der Waals surface area contributed by atoms with Gasteiger partial charge in [0.05, 0.1) is 5.02 Å². The van der Waals surface area contributed by atoms with Gasteiger partial charge in [-0.2, -0.15) is 0 Å². The van der Waals surface area contributed by atoms with Gasteiger partial charge in [-0.05, 0) is 29.8 Å². The minimum atomic E-state index is -0.0765. The Morgan fingerprint density at radius 1 is 1.18 bits per heavy atom. The van der Waals surface area contributed by atoms with Crippen molar-refractivity contribution in [2.75, 3.05) is 0 Å². The minimum Gasteiger partial charge on any atom is -0.508 e. The molecule has 0 aliphatic carbocycles. The van der Waals surface area contributed by atoms with E-state index in [1.807, 2.05) is 0 Å². The van der Waals surface area contributed by atoms with E-state index in [1.54, 1.807) is 36.4 Å². The van der Waals surface area contributed by atoms with Crippen LogP contribution in [0.25, 0.3) is 0 Å². The molecule has 0 fully saturated rings. The second kappa shape index (κ2) is 4.97. The summed E-state index contributed by atoms with van der Waals surface area (Å²) in [5.41, 5.74) is 1.23. The molecule has 3 nitrogen and oxygen atoms in total. The molecule has 0 aliphatic heterocycles. The van der Waals surface area contributed by atoms with Crippen molar-refractivity contribution in [3.8, 4) is 5.75 Å². The summed E-state index contributed by atoms with van der Waals surface area (Å²) in [6.45, 7) is 0. The molecule has 4 heteroatoms. The molecule has 0 amide bonds. The van der Waals surface area contributed by atoms with Crippen LogP contribution in [0.1, 0.15) is 16.1 Å². The zero-order valence-electron chi connectivity index (χ0n) is 8.93. The zero-order valence-corrected chi connectivity index (χ0v) is 9.69. The number of phenols is 1. The highest BCUT2D eigenvalue weighted by molar-refractivity contribution is 6.30. The lowest BCUT2D eigenvalue weighted by molar-refractivity contribution is 0.0988. The summed E-state index contributed by atoms with van der Waals surface area (Å²) in [4.78, 5) is 15.8. The van der Waals surface area contributed by atoms with Gasteiger partial charge in [0.1, 0.15) is 11.4 Å². The lowest BCUT2D eigenvalue weighted by Gasteiger charge is -2.01. The van der Waals surface area contributed by atoms with Crippen LogP contribution in [0.3, 0.4) is 0 Å². The van der Waals surface area contributed by atoms with E-state index in [-0.39, 0.29) is 18.0 Å². The summed E-state index contributed by atoms with van der Waals surface area (Å²) in [5, 5.41) is 9.63. The van der Waals surface area contributed by atoms with Gasteiger partial charge in [-0.3, -0.25) is 9.78 Å². The highest BCUT2D eigenvalue weighted by atomic mass is 35.5. The number of phenolic OH excluding ortho intramolecular Hbond substituents is 1. The van der Waals surface area contributed by atoms with Crippen LogP contribution in [0.15, 0.2) is 42.6 Å². The Kier molecular flexibility index (Phi) is 3.40. The van der Waals surface area contributed by atoms with E-state index < -0.39 is 0 Å². The Morgan fingerprint density at radius 2 is 1.88 bits per heavy atom. The fourth-order valence-corrected chi connectivity index (χ4v) is 1.54. The summed E-state index contributed by atoms with van der Waals surface area (Å²) in [6, 6.07) is 9.77. The monoisotopic (exact) mass is 247 g/mol. The topological polar surface area (TPSA) is 50.2 Å². The molecule has 0 bridgehead atoms. The number of rotatable bonds is 3. The third-order valence-corrected chi connectivity index (χ3v) is 2.54. The molecule has 0 saturated carbocycles. The van der Waals surface area contributed by atoms with E-state index in [4.69, 9.17) is 16.7 Å². The maximum Gasteiger partial charge on any atom is 0.185 e. The number of aromatic hydroxyl groups is 1. The molecular weight excluding hydrogens is 238 g/mol. The average molecular weight is 248 g/mol. The summed E-state index contributed by atoms with van der Waals surface area (Å²) < 4.78 is 0. The number of pyridine rings is 1. The first kappa shape index (κ1) is 11.6. The number of benzene rings is 1. The number of hydrogen-bond donors (Lipinski definition) is 1. The van der Waals surface area contributed by atoms with Crippen molar-refractivity contribution in [1.29, 1.82) is 0 Å². The Labute approximate surface area is 104 Å². The smallest absolute Gasteiger partial charge is 0.185 e. The maximum absolute atomic E-state index is 11.8. The van der Waals surface area contributed by atoms with Gasteiger partial charge in [0.25, 0.3) is 0 Å². The molecule has 0 aliphatic rings. The lowest BCUT2D eigenvalue weighted by Crippen LogP contribution is -2.05. The second-order valence-electron chi connectivity index (χ2n) is 3.63. The molecule has 1 N–H and O–H groups in total. The molecule has 0 spiro atoms. The number of halogens is 1. The van der Waals surface area contributed by atoms with Crippen LogP contribution >= 0.6 is 11.6 Å². The Bertz CT molecular complexity index is 520. The highest BCUT2D eigenvalue weighted by Gasteiger charge is 2.08. The van der Waals surface area contributed by atoms with Crippen LogP contribution in [0, 0.1) is 0 Å². The number of ketones is 1. The van der Waals surface area contributed by atoms with E-state index in [2.05, 4.69) is 4.98 Å².